The molecular weight excluding hydrogens is 130 g/mol. The molecular formula is C7H13NO2. The predicted molar refractivity (Wildman–Crippen MR) is 36.3 cm³/mol. The molecule has 0 aromatic carbocycles. The zero-order valence-electron chi connectivity index (χ0n) is 6.21. The minimum Gasteiger partial charge on any atom is -0.353 e. The van der Waals surface area contributed by atoms with Gasteiger partial charge in [-0.2, -0.15) is 0 Å². The first-order valence-corrected chi connectivity index (χ1v) is 3.80. The highest BCUT2D eigenvalue weighted by Gasteiger charge is 2.53. The van der Waals surface area contributed by atoms with Gasteiger partial charge in [0.25, 0.3) is 0 Å². The van der Waals surface area contributed by atoms with E-state index in [4.69, 9.17) is 4.74 Å². The maximum Gasteiger partial charge on any atom is 0.228 e. The van der Waals surface area contributed by atoms with Gasteiger partial charge in [-0.3, -0.25) is 0 Å². The quantitative estimate of drug-likeness (QED) is 0.530. The first-order chi connectivity index (χ1) is 4.76. The van der Waals surface area contributed by atoms with Gasteiger partial charge < -0.3 is 9.84 Å². The van der Waals surface area contributed by atoms with Crippen LogP contribution in [-0.2, 0) is 4.74 Å². The Hall–Kier alpha value is -0.120. The van der Waals surface area contributed by atoms with E-state index < -0.39 is 5.91 Å². The summed E-state index contributed by atoms with van der Waals surface area (Å²) in [4.78, 5) is 2.03. The molecule has 2 aliphatic heterocycles. The van der Waals surface area contributed by atoms with E-state index in [0.717, 1.165) is 13.0 Å². The molecule has 0 bridgehead atoms. The lowest BCUT2D eigenvalue weighted by molar-refractivity contribution is -0.345. The van der Waals surface area contributed by atoms with Gasteiger partial charge in [0, 0.05) is 26.1 Å². The van der Waals surface area contributed by atoms with Crippen molar-refractivity contribution in [2.75, 3.05) is 13.7 Å². The number of methoxy groups -OCH3 is 1. The molecule has 2 heterocycles. The van der Waals surface area contributed by atoms with Crippen molar-refractivity contribution in [2.45, 2.75) is 31.2 Å². The zero-order chi connectivity index (χ0) is 7.19. The van der Waals surface area contributed by atoms with Crippen molar-refractivity contribution in [1.82, 2.24) is 4.90 Å². The fourth-order valence-electron chi connectivity index (χ4n) is 2.02. The lowest BCUT2D eigenvalue weighted by atomic mass is 9.99. The molecule has 1 N–H and O–H groups in total. The molecule has 2 fully saturated rings. The van der Waals surface area contributed by atoms with Crippen molar-refractivity contribution in [2.24, 2.45) is 0 Å². The molecule has 3 heteroatoms. The second kappa shape index (κ2) is 1.94. The average molecular weight is 143 g/mol. The molecule has 2 aliphatic rings. The zero-order valence-corrected chi connectivity index (χ0v) is 6.21. The van der Waals surface area contributed by atoms with Crippen LogP contribution in [0.4, 0.5) is 0 Å². The van der Waals surface area contributed by atoms with Gasteiger partial charge in [-0.1, -0.05) is 0 Å². The SMILES string of the molecule is COC1(O)CC2CCCN21. The molecule has 2 rings (SSSR count). The largest absolute Gasteiger partial charge is 0.353 e. The van der Waals surface area contributed by atoms with Crippen LogP contribution in [0.3, 0.4) is 0 Å². The van der Waals surface area contributed by atoms with Crippen molar-refractivity contribution in [3.05, 3.63) is 0 Å². The fraction of sp³-hybridized carbons (Fsp3) is 1.00. The molecule has 2 atom stereocenters. The van der Waals surface area contributed by atoms with Crippen LogP contribution in [0.25, 0.3) is 0 Å². The van der Waals surface area contributed by atoms with E-state index in [1.807, 2.05) is 4.90 Å². The summed E-state index contributed by atoms with van der Waals surface area (Å²) in [5.74, 6) is -0.902. The van der Waals surface area contributed by atoms with Gasteiger partial charge in [-0.25, -0.2) is 4.90 Å². The topological polar surface area (TPSA) is 32.7 Å². The van der Waals surface area contributed by atoms with Crippen LogP contribution in [0.15, 0.2) is 0 Å². The van der Waals surface area contributed by atoms with Crippen LogP contribution in [-0.4, -0.2) is 35.6 Å². The second-order valence-corrected chi connectivity index (χ2v) is 3.14. The van der Waals surface area contributed by atoms with Crippen LogP contribution in [0.2, 0.25) is 0 Å². The minimum absolute atomic E-state index is 0.602. The predicted octanol–water partition coefficient (Wildman–Crippen LogP) is 0.147. The summed E-state index contributed by atoms with van der Waals surface area (Å²) in [6, 6.07) is 0.602. The van der Waals surface area contributed by atoms with E-state index in [1.54, 1.807) is 7.11 Å². The summed E-state index contributed by atoms with van der Waals surface area (Å²) < 4.78 is 4.97. The van der Waals surface area contributed by atoms with Crippen molar-refractivity contribution >= 4 is 0 Å². The third-order valence-corrected chi connectivity index (χ3v) is 2.65. The summed E-state index contributed by atoms with van der Waals surface area (Å²) >= 11 is 0. The maximum atomic E-state index is 9.59. The maximum absolute atomic E-state index is 9.59. The van der Waals surface area contributed by atoms with Crippen LogP contribution in [0.1, 0.15) is 19.3 Å². The Balaban J connectivity index is 2.05. The second-order valence-electron chi connectivity index (χ2n) is 3.14. The Morgan fingerprint density at radius 1 is 1.70 bits per heavy atom. The van der Waals surface area contributed by atoms with Crippen molar-refractivity contribution in [3.63, 3.8) is 0 Å². The van der Waals surface area contributed by atoms with Crippen LogP contribution in [0, 0.1) is 0 Å². The van der Waals surface area contributed by atoms with E-state index in [2.05, 4.69) is 0 Å². The lowest BCUT2D eigenvalue weighted by Crippen LogP contribution is -2.64. The molecule has 0 aliphatic carbocycles. The summed E-state index contributed by atoms with van der Waals surface area (Å²) in [7, 11) is 1.56. The van der Waals surface area contributed by atoms with E-state index in [0.29, 0.717) is 6.04 Å². The highest BCUT2D eigenvalue weighted by Crippen LogP contribution is 2.41. The number of hydrogen-bond donors (Lipinski definition) is 1. The number of hydrogen-bond acceptors (Lipinski definition) is 3. The Bertz CT molecular complexity index is 151. The Kier molecular flexibility index (Phi) is 1.27. The minimum atomic E-state index is -0.902. The van der Waals surface area contributed by atoms with Gasteiger partial charge in [-0.05, 0) is 12.8 Å². The summed E-state index contributed by atoms with van der Waals surface area (Å²) in [5, 5.41) is 9.59. The lowest BCUT2D eigenvalue weighted by Gasteiger charge is -2.49. The molecule has 2 saturated heterocycles. The molecule has 10 heavy (non-hydrogen) atoms. The molecule has 2 unspecified atom stereocenters. The smallest absolute Gasteiger partial charge is 0.228 e. The molecule has 58 valence electrons. The van der Waals surface area contributed by atoms with Gasteiger partial charge in [0.15, 0.2) is 0 Å². The standard InChI is InChI=1S/C7H13NO2/c1-10-7(9)5-6-3-2-4-8(6)7/h6,9H,2-5H2,1H3. The molecule has 3 nitrogen and oxygen atoms in total. The first-order valence-electron chi connectivity index (χ1n) is 3.80. The van der Waals surface area contributed by atoms with E-state index in [-0.39, 0.29) is 0 Å². The molecule has 0 aromatic heterocycles. The summed E-state index contributed by atoms with van der Waals surface area (Å²) in [6.07, 6.45) is 3.23. The van der Waals surface area contributed by atoms with E-state index in [1.165, 1.54) is 12.8 Å². The Labute approximate surface area is 60.6 Å². The number of ether oxygens (including phenoxy) is 1. The monoisotopic (exact) mass is 143 g/mol. The number of rotatable bonds is 1. The highest BCUT2D eigenvalue weighted by molar-refractivity contribution is 4.96. The van der Waals surface area contributed by atoms with Gasteiger partial charge in [0.1, 0.15) is 0 Å². The van der Waals surface area contributed by atoms with Crippen molar-refractivity contribution < 1.29 is 9.84 Å². The van der Waals surface area contributed by atoms with E-state index >= 15 is 0 Å². The van der Waals surface area contributed by atoms with Crippen LogP contribution >= 0.6 is 0 Å². The van der Waals surface area contributed by atoms with E-state index in [9.17, 15) is 5.11 Å². The van der Waals surface area contributed by atoms with Gasteiger partial charge >= 0.3 is 0 Å². The third kappa shape index (κ3) is 0.654. The normalized spacial score (nSPS) is 46.8. The fourth-order valence-corrected chi connectivity index (χ4v) is 2.02. The van der Waals surface area contributed by atoms with Crippen molar-refractivity contribution in [1.29, 1.82) is 0 Å². The molecule has 0 aromatic rings. The van der Waals surface area contributed by atoms with Crippen LogP contribution in [0.5, 0.6) is 0 Å². The molecule has 0 saturated carbocycles. The van der Waals surface area contributed by atoms with Gasteiger partial charge in [-0.15, -0.1) is 0 Å². The highest BCUT2D eigenvalue weighted by atomic mass is 16.6. The number of aliphatic hydroxyl groups is 1. The van der Waals surface area contributed by atoms with Crippen LogP contribution < -0.4 is 0 Å². The number of fused-ring (bicyclic) bond motifs is 1. The molecule has 0 amide bonds. The Morgan fingerprint density at radius 2 is 2.50 bits per heavy atom. The Morgan fingerprint density at radius 3 is 3.10 bits per heavy atom. The summed E-state index contributed by atoms with van der Waals surface area (Å²) in [6.45, 7) is 0.995. The molecule has 0 radical (unpaired) electrons. The first kappa shape index (κ1) is 6.58. The summed E-state index contributed by atoms with van der Waals surface area (Å²) in [5.41, 5.74) is 0. The van der Waals surface area contributed by atoms with Gasteiger partial charge in [0.2, 0.25) is 5.91 Å². The molecule has 0 spiro atoms. The number of nitrogens with zero attached hydrogens (tertiary/aromatic N) is 1. The average Bonchev–Trinajstić information content (AvgIpc) is 2.30. The van der Waals surface area contributed by atoms with Crippen molar-refractivity contribution in [3.8, 4) is 0 Å². The van der Waals surface area contributed by atoms with Gasteiger partial charge in [0.05, 0.1) is 0 Å². The third-order valence-electron chi connectivity index (χ3n) is 2.65.